The number of halogens is 3. The number of aliphatic hydroxyl groups excluding tert-OH is 1. The van der Waals surface area contributed by atoms with Crippen molar-refractivity contribution in [2.45, 2.75) is 31.5 Å². The Labute approximate surface area is 62.5 Å². The van der Waals surface area contributed by atoms with E-state index < -0.39 is 17.9 Å². The zero-order valence-electron chi connectivity index (χ0n) is 5.86. The molecule has 0 aromatic rings. The van der Waals surface area contributed by atoms with Crippen LogP contribution in [0.2, 0.25) is 0 Å². The summed E-state index contributed by atoms with van der Waals surface area (Å²) in [6.45, 7) is 0. The van der Waals surface area contributed by atoms with Crippen LogP contribution in [0.1, 0.15) is 19.3 Å². The summed E-state index contributed by atoms with van der Waals surface area (Å²) in [5.74, 6) is 0. The molecule has 1 aliphatic rings. The first kappa shape index (κ1) is 8.59. The van der Waals surface area contributed by atoms with Crippen LogP contribution in [-0.4, -0.2) is 17.4 Å². The SMILES string of the molecule is OC1CC=C(C(F)(F)F)CC1. The first-order valence-corrected chi connectivity index (χ1v) is 3.44. The Balaban J connectivity index is 2.62. The molecule has 0 radical (unpaired) electrons. The van der Waals surface area contributed by atoms with E-state index in [0.29, 0.717) is 0 Å². The maximum Gasteiger partial charge on any atom is 0.412 e. The molecule has 0 aromatic heterocycles. The van der Waals surface area contributed by atoms with Gasteiger partial charge in [-0.2, -0.15) is 13.2 Å². The minimum absolute atomic E-state index is 0.0509. The molecule has 0 heterocycles. The van der Waals surface area contributed by atoms with Crippen LogP contribution in [0.4, 0.5) is 13.2 Å². The van der Waals surface area contributed by atoms with Gasteiger partial charge in [-0.25, -0.2) is 0 Å². The second-order valence-electron chi connectivity index (χ2n) is 2.66. The summed E-state index contributed by atoms with van der Waals surface area (Å²) >= 11 is 0. The monoisotopic (exact) mass is 166 g/mol. The van der Waals surface area contributed by atoms with Gasteiger partial charge in [-0.3, -0.25) is 0 Å². The lowest BCUT2D eigenvalue weighted by atomic mass is 9.97. The smallest absolute Gasteiger partial charge is 0.393 e. The lowest BCUT2D eigenvalue weighted by Crippen LogP contribution is -2.19. The quantitative estimate of drug-likeness (QED) is 0.546. The van der Waals surface area contributed by atoms with Crippen LogP contribution in [0.5, 0.6) is 0 Å². The molecule has 11 heavy (non-hydrogen) atoms. The first-order valence-electron chi connectivity index (χ1n) is 3.44. The molecule has 0 aromatic carbocycles. The molecule has 0 fully saturated rings. The van der Waals surface area contributed by atoms with E-state index in [4.69, 9.17) is 5.11 Å². The third kappa shape index (κ3) is 2.22. The third-order valence-corrected chi connectivity index (χ3v) is 1.75. The molecule has 1 N–H and O–H groups in total. The van der Waals surface area contributed by atoms with Crippen molar-refractivity contribution < 1.29 is 18.3 Å². The van der Waals surface area contributed by atoms with Gasteiger partial charge in [-0.1, -0.05) is 6.08 Å². The molecule has 1 nitrogen and oxygen atoms in total. The largest absolute Gasteiger partial charge is 0.412 e. The maximum atomic E-state index is 11.9. The van der Waals surface area contributed by atoms with Gasteiger partial charge in [0, 0.05) is 5.57 Å². The predicted octanol–water partition coefficient (Wildman–Crippen LogP) is 2.02. The summed E-state index contributed by atoms with van der Waals surface area (Å²) < 4.78 is 35.8. The number of alkyl halides is 3. The fourth-order valence-corrected chi connectivity index (χ4v) is 1.08. The van der Waals surface area contributed by atoms with E-state index in [1.165, 1.54) is 0 Å². The lowest BCUT2D eigenvalue weighted by Gasteiger charge is -2.18. The van der Waals surface area contributed by atoms with Crippen LogP contribution in [0.25, 0.3) is 0 Å². The van der Waals surface area contributed by atoms with Gasteiger partial charge >= 0.3 is 6.18 Å². The predicted molar refractivity (Wildman–Crippen MR) is 34.0 cm³/mol. The van der Waals surface area contributed by atoms with E-state index in [2.05, 4.69) is 0 Å². The van der Waals surface area contributed by atoms with Crippen LogP contribution in [0.3, 0.4) is 0 Å². The van der Waals surface area contributed by atoms with Crippen molar-refractivity contribution in [3.8, 4) is 0 Å². The number of hydrogen-bond acceptors (Lipinski definition) is 1. The highest BCUT2D eigenvalue weighted by atomic mass is 19.4. The van der Waals surface area contributed by atoms with E-state index in [-0.39, 0.29) is 19.3 Å². The van der Waals surface area contributed by atoms with Gasteiger partial charge in [0.15, 0.2) is 0 Å². The fraction of sp³-hybridized carbons (Fsp3) is 0.714. The van der Waals surface area contributed by atoms with Crippen molar-refractivity contribution in [3.63, 3.8) is 0 Å². The summed E-state index contributed by atoms with van der Waals surface area (Å²) in [6, 6.07) is 0. The third-order valence-electron chi connectivity index (χ3n) is 1.75. The molecular weight excluding hydrogens is 157 g/mol. The Kier molecular flexibility index (Phi) is 2.23. The van der Waals surface area contributed by atoms with Crippen molar-refractivity contribution >= 4 is 0 Å². The molecule has 1 atom stereocenters. The Morgan fingerprint density at radius 2 is 2.09 bits per heavy atom. The Bertz CT molecular complexity index is 171. The zero-order chi connectivity index (χ0) is 8.48. The number of hydrogen-bond donors (Lipinski definition) is 1. The van der Waals surface area contributed by atoms with E-state index in [0.717, 1.165) is 6.08 Å². The van der Waals surface area contributed by atoms with Crippen LogP contribution < -0.4 is 0 Å². The highest BCUT2D eigenvalue weighted by molar-refractivity contribution is 5.12. The average molecular weight is 166 g/mol. The van der Waals surface area contributed by atoms with Crippen LogP contribution in [0, 0.1) is 0 Å². The standard InChI is InChI=1S/C7H9F3O/c8-7(9,10)5-1-3-6(11)4-2-5/h1,6,11H,2-4H2. The van der Waals surface area contributed by atoms with Crippen LogP contribution >= 0.6 is 0 Å². The van der Waals surface area contributed by atoms with Gasteiger partial charge in [-0.15, -0.1) is 0 Å². The number of aliphatic hydroxyl groups is 1. The van der Waals surface area contributed by atoms with Gasteiger partial charge in [0.2, 0.25) is 0 Å². The molecule has 0 aliphatic heterocycles. The van der Waals surface area contributed by atoms with Crippen molar-refractivity contribution in [3.05, 3.63) is 11.6 Å². The average Bonchev–Trinajstić information content (AvgIpc) is 1.86. The zero-order valence-corrected chi connectivity index (χ0v) is 5.86. The minimum Gasteiger partial charge on any atom is -0.393 e. The van der Waals surface area contributed by atoms with E-state index >= 15 is 0 Å². The summed E-state index contributed by atoms with van der Waals surface area (Å²) in [5.41, 5.74) is -0.497. The molecular formula is C7H9F3O. The van der Waals surface area contributed by atoms with E-state index in [1.54, 1.807) is 0 Å². The van der Waals surface area contributed by atoms with Gasteiger partial charge in [0.25, 0.3) is 0 Å². The fourth-order valence-electron chi connectivity index (χ4n) is 1.08. The molecule has 0 bridgehead atoms. The second-order valence-corrected chi connectivity index (χ2v) is 2.66. The molecule has 64 valence electrons. The van der Waals surface area contributed by atoms with Crippen molar-refractivity contribution in [2.24, 2.45) is 0 Å². The molecule has 0 spiro atoms. The summed E-state index contributed by atoms with van der Waals surface area (Å²) in [4.78, 5) is 0. The van der Waals surface area contributed by atoms with Crippen molar-refractivity contribution in [1.29, 1.82) is 0 Å². The first-order chi connectivity index (χ1) is 5.00. The minimum atomic E-state index is -4.19. The molecule has 0 amide bonds. The lowest BCUT2D eigenvalue weighted by molar-refractivity contribution is -0.0963. The molecule has 4 heteroatoms. The number of allylic oxidation sites excluding steroid dienone is 1. The van der Waals surface area contributed by atoms with Crippen LogP contribution in [-0.2, 0) is 0 Å². The molecule has 1 rings (SSSR count). The highest BCUT2D eigenvalue weighted by Gasteiger charge is 2.34. The second kappa shape index (κ2) is 2.85. The summed E-state index contributed by atoms with van der Waals surface area (Å²) in [6.07, 6.45) is -3.39. The normalized spacial score (nSPS) is 26.5. The summed E-state index contributed by atoms with van der Waals surface area (Å²) in [7, 11) is 0. The van der Waals surface area contributed by atoms with Crippen molar-refractivity contribution in [2.75, 3.05) is 0 Å². The topological polar surface area (TPSA) is 20.2 Å². The molecule has 0 saturated carbocycles. The Morgan fingerprint density at radius 1 is 1.45 bits per heavy atom. The van der Waals surface area contributed by atoms with Gasteiger partial charge in [0.1, 0.15) is 0 Å². The maximum absolute atomic E-state index is 11.9. The van der Waals surface area contributed by atoms with E-state index in [9.17, 15) is 13.2 Å². The number of rotatable bonds is 0. The van der Waals surface area contributed by atoms with Gasteiger partial charge in [0.05, 0.1) is 6.10 Å². The molecule has 0 saturated heterocycles. The van der Waals surface area contributed by atoms with Gasteiger partial charge in [-0.05, 0) is 19.3 Å². The molecule has 1 aliphatic carbocycles. The Hall–Kier alpha value is -0.510. The molecule has 1 unspecified atom stereocenters. The van der Waals surface area contributed by atoms with Gasteiger partial charge < -0.3 is 5.11 Å². The Morgan fingerprint density at radius 3 is 2.45 bits per heavy atom. The van der Waals surface area contributed by atoms with Crippen LogP contribution in [0.15, 0.2) is 11.6 Å². The van der Waals surface area contributed by atoms with E-state index in [1.807, 2.05) is 0 Å². The summed E-state index contributed by atoms with van der Waals surface area (Å²) in [5, 5.41) is 8.88. The highest BCUT2D eigenvalue weighted by Crippen LogP contribution is 2.32. The van der Waals surface area contributed by atoms with Crippen molar-refractivity contribution in [1.82, 2.24) is 0 Å².